The van der Waals surface area contributed by atoms with Crippen molar-refractivity contribution < 1.29 is 22.5 Å². The van der Waals surface area contributed by atoms with Gasteiger partial charge in [0.05, 0.1) is 7.11 Å². The number of methoxy groups -OCH3 is 1. The van der Waals surface area contributed by atoms with Gasteiger partial charge < -0.3 is 14.6 Å². The molecule has 2 aliphatic rings. The highest BCUT2D eigenvalue weighted by Crippen LogP contribution is 2.29. The van der Waals surface area contributed by atoms with Crippen molar-refractivity contribution in [2.75, 3.05) is 39.8 Å². The summed E-state index contributed by atoms with van der Waals surface area (Å²) in [5.41, 5.74) is 1.20. The summed E-state index contributed by atoms with van der Waals surface area (Å²) >= 11 is 0. The smallest absolute Gasteiger partial charge is 0.248 e. The Morgan fingerprint density at radius 1 is 1.17 bits per heavy atom. The van der Waals surface area contributed by atoms with Crippen molar-refractivity contribution in [3.63, 3.8) is 0 Å². The van der Waals surface area contributed by atoms with Crippen LogP contribution in [0.15, 0.2) is 33.7 Å². The zero-order valence-electron chi connectivity index (χ0n) is 21.3. The van der Waals surface area contributed by atoms with E-state index in [4.69, 9.17) is 9.26 Å². The monoisotopic (exact) mass is 516 g/mol. The van der Waals surface area contributed by atoms with Crippen LogP contribution < -0.4 is 10.1 Å². The average Bonchev–Trinajstić information content (AvgIpc) is 3.52. The van der Waals surface area contributed by atoms with E-state index in [2.05, 4.69) is 22.3 Å². The number of aromatic nitrogens is 1. The Bertz CT molecular complexity index is 1170. The number of hydrogen-bond donors (Lipinski definition) is 1. The highest BCUT2D eigenvalue weighted by molar-refractivity contribution is 7.89. The van der Waals surface area contributed by atoms with Gasteiger partial charge >= 0.3 is 0 Å². The van der Waals surface area contributed by atoms with Crippen molar-refractivity contribution in [1.29, 1.82) is 0 Å². The molecule has 0 aliphatic carbocycles. The van der Waals surface area contributed by atoms with E-state index < -0.39 is 10.0 Å². The predicted molar refractivity (Wildman–Crippen MR) is 138 cm³/mol. The molecule has 0 bridgehead atoms. The Morgan fingerprint density at radius 3 is 2.56 bits per heavy atom. The normalized spacial score (nSPS) is 20.2. The second kappa shape index (κ2) is 11.6. The summed E-state index contributed by atoms with van der Waals surface area (Å²) < 4.78 is 39.0. The summed E-state index contributed by atoms with van der Waals surface area (Å²) in [6.07, 6.45) is 6.67. The number of rotatable bonds is 9. The maximum Gasteiger partial charge on any atom is 0.248 e. The van der Waals surface area contributed by atoms with Gasteiger partial charge in [-0.3, -0.25) is 9.69 Å². The molecule has 10 heteroatoms. The highest BCUT2D eigenvalue weighted by Gasteiger charge is 2.36. The Hall–Kier alpha value is -2.69. The lowest BCUT2D eigenvalue weighted by molar-refractivity contribution is -0.126. The molecule has 1 N–H and O–H groups in total. The third kappa shape index (κ3) is 5.82. The number of benzene rings is 1. The number of likely N-dealkylation sites (tertiary alicyclic amines) is 1. The van der Waals surface area contributed by atoms with Crippen molar-refractivity contribution in [1.82, 2.24) is 19.7 Å². The molecule has 36 heavy (non-hydrogen) atoms. The van der Waals surface area contributed by atoms with Crippen LogP contribution >= 0.6 is 0 Å². The van der Waals surface area contributed by atoms with Crippen molar-refractivity contribution in [2.45, 2.75) is 50.5 Å². The number of hydrogen-bond acceptors (Lipinski definition) is 7. The number of aryl methyl sites for hydroxylation is 1. The predicted octanol–water partition coefficient (Wildman–Crippen LogP) is 3.16. The van der Waals surface area contributed by atoms with Crippen LogP contribution in [0.1, 0.15) is 49.6 Å². The fourth-order valence-corrected chi connectivity index (χ4v) is 6.80. The number of nitrogens with zero attached hydrogens (tertiary/aromatic N) is 3. The van der Waals surface area contributed by atoms with Gasteiger partial charge in [-0.1, -0.05) is 30.3 Å². The van der Waals surface area contributed by atoms with Crippen LogP contribution in [0.4, 0.5) is 0 Å². The lowest BCUT2D eigenvalue weighted by Crippen LogP contribution is -2.46. The summed E-state index contributed by atoms with van der Waals surface area (Å²) in [5, 5.41) is 7.02. The molecular formula is C26H36N4O5S. The maximum atomic E-state index is 13.5. The summed E-state index contributed by atoms with van der Waals surface area (Å²) in [7, 11) is -2.21. The summed E-state index contributed by atoms with van der Waals surface area (Å²) in [6.45, 7) is 7.10. The van der Waals surface area contributed by atoms with E-state index in [1.54, 1.807) is 26.2 Å². The first-order chi connectivity index (χ1) is 17.3. The van der Waals surface area contributed by atoms with Crippen LogP contribution in [0.5, 0.6) is 5.75 Å². The quantitative estimate of drug-likeness (QED) is 0.546. The standard InChI is InChI=1S/C26H36N4O5S/c1-4-29-15-5-6-22(29)18-27-26(31)21-13-16-30(17-14-21)36(32,33)25-19(2)28-35-24(25)12-9-20-7-10-23(34-3)11-8-20/h7-12,21-22H,4-6,13-18H2,1-3H3,(H,27,31)/b12-9-/t22-/m0/s1. The van der Waals surface area contributed by atoms with E-state index in [0.29, 0.717) is 31.1 Å². The number of likely N-dealkylation sites (N-methyl/N-ethyl adjacent to an activating group) is 1. The molecule has 0 unspecified atom stereocenters. The van der Waals surface area contributed by atoms with Gasteiger partial charge in [0.1, 0.15) is 11.4 Å². The number of amides is 1. The van der Waals surface area contributed by atoms with Crippen molar-refractivity contribution in [3.05, 3.63) is 41.3 Å². The van der Waals surface area contributed by atoms with Crippen molar-refractivity contribution in [2.24, 2.45) is 5.92 Å². The largest absolute Gasteiger partial charge is 0.497 e. The van der Waals surface area contributed by atoms with Crippen LogP contribution in [0.25, 0.3) is 12.2 Å². The molecular weight excluding hydrogens is 480 g/mol. The molecule has 2 aliphatic heterocycles. The number of ether oxygens (including phenoxy) is 1. The lowest BCUT2D eigenvalue weighted by atomic mass is 9.97. The van der Waals surface area contributed by atoms with Gasteiger partial charge in [0.15, 0.2) is 10.7 Å². The Morgan fingerprint density at radius 2 is 1.89 bits per heavy atom. The molecule has 3 heterocycles. The van der Waals surface area contributed by atoms with Crippen LogP contribution in [-0.2, 0) is 14.8 Å². The topological polar surface area (TPSA) is 105 Å². The summed E-state index contributed by atoms with van der Waals surface area (Å²) in [5.74, 6) is 0.787. The fourth-order valence-electron chi connectivity index (χ4n) is 5.08. The first-order valence-corrected chi connectivity index (χ1v) is 14.1. The number of carbonyl (C=O) groups is 1. The summed E-state index contributed by atoms with van der Waals surface area (Å²) in [6, 6.07) is 7.80. The molecule has 0 spiro atoms. The molecule has 1 aromatic carbocycles. The third-order valence-electron chi connectivity index (χ3n) is 7.22. The Labute approximate surface area is 213 Å². The summed E-state index contributed by atoms with van der Waals surface area (Å²) in [4.78, 5) is 15.2. The second-order valence-electron chi connectivity index (χ2n) is 9.42. The molecule has 2 fully saturated rings. The molecule has 196 valence electrons. The van der Waals surface area contributed by atoms with E-state index in [-0.39, 0.29) is 35.6 Å². The molecule has 1 amide bonds. The lowest BCUT2D eigenvalue weighted by Gasteiger charge is -2.31. The Kier molecular flexibility index (Phi) is 8.48. The molecule has 2 saturated heterocycles. The number of piperidine rings is 1. The van der Waals surface area contributed by atoms with Crippen molar-refractivity contribution >= 4 is 28.1 Å². The van der Waals surface area contributed by atoms with Crippen LogP contribution in [0.2, 0.25) is 0 Å². The average molecular weight is 517 g/mol. The van der Waals surface area contributed by atoms with Gasteiger partial charge in [-0.2, -0.15) is 4.31 Å². The van der Waals surface area contributed by atoms with E-state index >= 15 is 0 Å². The molecule has 0 saturated carbocycles. The minimum Gasteiger partial charge on any atom is -0.497 e. The minimum absolute atomic E-state index is 0.0271. The van der Waals surface area contributed by atoms with E-state index in [1.807, 2.05) is 24.3 Å². The van der Waals surface area contributed by atoms with Gasteiger partial charge in [0.2, 0.25) is 15.9 Å². The molecule has 4 rings (SSSR count). The highest BCUT2D eigenvalue weighted by atomic mass is 32.2. The second-order valence-corrected chi connectivity index (χ2v) is 11.3. The Balaban J connectivity index is 1.37. The molecule has 1 aromatic heterocycles. The van der Waals surface area contributed by atoms with E-state index in [0.717, 1.165) is 30.8 Å². The van der Waals surface area contributed by atoms with Crippen LogP contribution in [-0.4, -0.2) is 74.6 Å². The number of nitrogens with one attached hydrogen (secondary N) is 1. The molecule has 1 atom stereocenters. The van der Waals surface area contributed by atoms with Crippen LogP contribution in [0, 0.1) is 12.8 Å². The zero-order chi connectivity index (χ0) is 25.7. The fraction of sp³-hybridized carbons (Fsp3) is 0.538. The van der Waals surface area contributed by atoms with Crippen LogP contribution in [0.3, 0.4) is 0 Å². The van der Waals surface area contributed by atoms with Gasteiger partial charge in [-0.15, -0.1) is 0 Å². The number of sulfonamides is 1. The van der Waals surface area contributed by atoms with Crippen molar-refractivity contribution in [3.8, 4) is 5.75 Å². The van der Waals surface area contributed by atoms with Gasteiger partial charge in [-0.25, -0.2) is 8.42 Å². The number of carbonyl (C=O) groups excluding carboxylic acids is 1. The maximum absolute atomic E-state index is 13.5. The molecule has 2 aromatic rings. The van der Waals surface area contributed by atoms with Gasteiger partial charge in [-0.05, 0) is 69.5 Å². The first-order valence-electron chi connectivity index (χ1n) is 12.6. The zero-order valence-corrected chi connectivity index (χ0v) is 22.1. The first kappa shape index (κ1) is 26.4. The van der Waals surface area contributed by atoms with E-state index in [1.165, 1.54) is 10.7 Å². The van der Waals surface area contributed by atoms with Gasteiger partial charge in [0.25, 0.3) is 0 Å². The molecule has 9 nitrogen and oxygen atoms in total. The van der Waals surface area contributed by atoms with Gasteiger partial charge in [0, 0.05) is 31.6 Å². The van der Waals surface area contributed by atoms with E-state index in [9.17, 15) is 13.2 Å². The SMILES string of the molecule is CCN1CCC[C@H]1CNC(=O)C1CCN(S(=O)(=O)c2c(C)noc2/C=C\c2ccc(OC)cc2)CC1. The third-order valence-corrected chi connectivity index (χ3v) is 9.27. The molecule has 0 radical (unpaired) electrons. The minimum atomic E-state index is -3.81.